The van der Waals surface area contributed by atoms with Gasteiger partial charge in [0.15, 0.2) is 0 Å². The molecule has 40 heavy (non-hydrogen) atoms. The van der Waals surface area contributed by atoms with E-state index in [-0.39, 0.29) is 24.3 Å². The Morgan fingerprint density at radius 2 is 1.10 bits per heavy atom. The highest BCUT2D eigenvalue weighted by molar-refractivity contribution is 5.94. The molecule has 4 unspecified atom stereocenters. The van der Waals surface area contributed by atoms with Crippen molar-refractivity contribution in [1.82, 2.24) is 16.0 Å². The Labute approximate surface area is 228 Å². The molecule has 0 saturated carbocycles. The van der Waals surface area contributed by atoms with E-state index in [1.807, 2.05) is 0 Å². The lowest BCUT2D eigenvalue weighted by molar-refractivity contribution is -0.143. The molecule has 0 aromatic heterocycles. The number of aliphatic hydroxyl groups is 1. The fourth-order valence-corrected chi connectivity index (χ4v) is 3.59. The number of aliphatic hydroxyl groups excluding tert-OH is 1. The third kappa shape index (κ3) is 10.2. The molecule has 0 heterocycles. The zero-order valence-corrected chi connectivity index (χ0v) is 21.3. The highest BCUT2D eigenvalue weighted by atomic mass is 16.4. The van der Waals surface area contributed by atoms with Crippen molar-refractivity contribution in [2.75, 3.05) is 6.61 Å². The van der Waals surface area contributed by atoms with E-state index in [1.54, 1.807) is 0 Å². The molecule has 0 fully saturated rings. The Kier molecular flexibility index (Phi) is 11.9. The van der Waals surface area contributed by atoms with Crippen LogP contribution < -0.4 is 21.7 Å². The second kappa shape index (κ2) is 15.0. The molecule has 3 amide bonds. The van der Waals surface area contributed by atoms with Crippen molar-refractivity contribution in [3.8, 4) is 11.5 Å². The number of phenols is 2. The molecule has 0 aliphatic carbocycles. The van der Waals surface area contributed by atoms with Crippen LogP contribution in [0.5, 0.6) is 11.5 Å². The molecule has 14 nitrogen and oxygen atoms in total. The third-order valence-corrected chi connectivity index (χ3v) is 5.81. The number of carboxylic acid groups (broad SMARTS) is 2. The van der Waals surface area contributed by atoms with Crippen LogP contribution in [0.15, 0.2) is 48.5 Å². The first-order chi connectivity index (χ1) is 18.9. The van der Waals surface area contributed by atoms with Crippen LogP contribution in [0, 0.1) is 0 Å². The van der Waals surface area contributed by atoms with Gasteiger partial charge < -0.3 is 47.2 Å². The summed E-state index contributed by atoms with van der Waals surface area (Å²) in [5.41, 5.74) is 6.52. The predicted molar refractivity (Wildman–Crippen MR) is 139 cm³/mol. The van der Waals surface area contributed by atoms with Gasteiger partial charge in [-0.1, -0.05) is 24.3 Å². The van der Waals surface area contributed by atoms with Gasteiger partial charge in [-0.3, -0.25) is 19.2 Å². The average Bonchev–Trinajstić information content (AvgIpc) is 2.91. The van der Waals surface area contributed by atoms with Crippen LogP contribution in [0.4, 0.5) is 0 Å². The van der Waals surface area contributed by atoms with E-state index in [4.69, 9.17) is 10.8 Å². The Bertz CT molecular complexity index is 1190. The molecule has 4 atom stereocenters. The topological polar surface area (TPSA) is 249 Å². The quantitative estimate of drug-likeness (QED) is 0.123. The van der Waals surface area contributed by atoms with Crippen LogP contribution in [0.1, 0.15) is 24.0 Å². The van der Waals surface area contributed by atoms with Crippen molar-refractivity contribution < 1.29 is 49.5 Å². The lowest BCUT2D eigenvalue weighted by atomic mass is 10.0. The number of amides is 3. The molecule has 0 spiro atoms. The summed E-state index contributed by atoms with van der Waals surface area (Å²) in [5.74, 6) is -5.47. The normalized spacial score (nSPS) is 13.8. The molecule has 2 rings (SSSR count). The van der Waals surface area contributed by atoms with Gasteiger partial charge in [0.25, 0.3) is 0 Å². The van der Waals surface area contributed by atoms with E-state index in [1.165, 1.54) is 48.5 Å². The highest BCUT2D eigenvalue weighted by Gasteiger charge is 2.31. The minimum absolute atomic E-state index is 0.0370. The lowest BCUT2D eigenvalue weighted by Crippen LogP contribution is -2.58. The van der Waals surface area contributed by atoms with Gasteiger partial charge in [-0.05, 0) is 41.8 Å². The molecule has 10 N–H and O–H groups in total. The first-order valence-corrected chi connectivity index (χ1v) is 12.2. The maximum atomic E-state index is 13.2. The van der Waals surface area contributed by atoms with E-state index in [0.29, 0.717) is 11.1 Å². The lowest BCUT2D eigenvalue weighted by Gasteiger charge is -2.25. The minimum atomic E-state index is -1.49. The third-order valence-electron chi connectivity index (χ3n) is 5.81. The number of carbonyl (C=O) groups excluding carboxylic acids is 3. The van der Waals surface area contributed by atoms with Crippen LogP contribution in [0.25, 0.3) is 0 Å². The van der Waals surface area contributed by atoms with Gasteiger partial charge in [-0.25, -0.2) is 4.79 Å². The molecule has 0 bridgehead atoms. The van der Waals surface area contributed by atoms with Crippen LogP contribution >= 0.6 is 0 Å². The van der Waals surface area contributed by atoms with Crippen molar-refractivity contribution in [3.63, 3.8) is 0 Å². The summed E-state index contributed by atoms with van der Waals surface area (Å²) in [6.07, 6.45) is -1.23. The second-order valence-corrected chi connectivity index (χ2v) is 8.98. The largest absolute Gasteiger partial charge is 0.508 e. The van der Waals surface area contributed by atoms with Crippen LogP contribution in [-0.2, 0) is 36.8 Å². The molecule has 0 aliphatic rings. The molecular formula is C26H32N4O10. The number of hydrogen-bond acceptors (Lipinski definition) is 9. The summed E-state index contributed by atoms with van der Waals surface area (Å²) in [7, 11) is 0. The number of benzene rings is 2. The first-order valence-electron chi connectivity index (χ1n) is 12.2. The van der Waals surface area contributed by atoms with E-state index in [9.17, 15) is 44.4 Å². The molecule has 0 saturated heterocycles. The molecule has 216 valence electrons. The summed E-state index contributed by atoms with van der Waals surface area (Å²) in [5, 5.41) is 53.9. The summed E-state index contributed by atoms with van der Waals surface area (Å²) in [4.78, 5) is 61.6. The zero-order chi connectivity index (χ0) is 29.8. The molecular weight excluding hydrogens is 528 g/mol. The van der Waals surface area contributed by atoms with Gasteiger partial charge in [-0.15, -0.1) is 0 Å². The average molecular weight is 561 g/mol. The van der Waals surface area contributed by atoms with E-state index < -0.39 is 73.3 Å². The van der Waals surface area contributed by atoms with Gasteiger partial charge in [0.1, 0.15) is 35.7 Å². The Morgan fingerprint density at radius 3 is 1.55 bits per heavy atom. The highest BCUT2D eigenvalue weighted by Crippen LogP contribution is 2.13. The van der Waals surface area contributed by atoms with Crippen LogP contribution in [0.3, 0.4) is 0 Å². The maximum Gasteiger partial charge on any atom is 0.326 e. The zero-order valence-electron chi connectivity index (χ0n) is 21.3. The standard InChI is InChI=1S/C26H32N4O10/c27-18(13-31)23(36)29-20(11-14-1-5-16(32)6-2-14)25(38)28-19(9-10-22(34)35)24(37)30-21(26(39)40)12-15-3-7-17(33)8-4-15/h1-8,18-21,31-33H,9-13,27H2,(H,28,38)(H,29,36)(H,30,37)(H,34,35)(H,39,40). The number of rotatable bonds is 15. The van der Waals surface area contributed by atoms with E-state index in [0.717, 1.165) is 0 Å². The van der Waals surface area contributed by atoms with Crippen LogP contribution in [-0.4, -0.2) is 86.0 Å². The Morgan fingerprint density at radius 1 is 0.675 bits per heavy atom. The van der Waals surface area contributed by atoms with E-state index >= 15 is 0 Å². The fraction of sp³-hybridized carbons (Fsp3) is 0.346. The molecule has 14 heteroatoms. The van der Waals surface area contributed by atoms with Crippen LogP contribution in [0.2, 0.25) is 0 Å². The summed E-state index contributed by atoms with van der Waals surface area (Å²) in [6, 6.07) is 5.69. The van der Waals surface area contributed by atoms with Crippen molar-refractivity contribution in [1.29, 1.82) is 0 Å². The molecule has 0 aliphatic heterocycles. The number of nitrogens with two attached hydrogens (primary N) is 1. The monoisotopic (exact) mass is 560 g/mol. The van der Waals surface area contributed by atoms with Gasteiger partial charge >= 0.3 is 11.9 Å². The number of aromatic hydroxyl groups is 2. The SMILES string of the molecule is NC(CO)C(=O)NC(Cc1ccc(O)cc1)C(=O)NC(CCC(=O)O)C(=O)NC(Cc1ccc(O)cc1)C(=O)O. The van der Waals surface area contributed by atoms with Gasteiger partial charge in [0, 0.05) is 19.3 Å². The Balaban J connectivity index is 2.24. The minimum Gasteiger partial charge on any atom is -0.508 e. The number of hydrogen-bond donors (Lipinski definition) is 9. The smallest absolute Gasteiger partial charge is 0.326 e. The molecule has 0 radical (unpaired) electrons. The van der Waals surface area contributed by atoms with Gasteiger partial charge in [-0.2, -0.15) is 0 Å². The summed E-state index contributed by atoms with van der Waals surface area (Å²) >= 11 is 0. The van der Waals surface area contributed by atoms with E-state index in [2.05, 4.69) is 16.0 Å². The molecule has 2 aromatic carbocycles. The predicted octanol–water partition coefficient (Wildman–Crippen LogP) is -1.39. The number of carboxylic acids is 2. The number of carbonyl (C=O) groups is 5. The maximum absolute atomic E-state index is 13.2. The van der Waals surface area contributed by atoms with Crippen molar-refractivity contribution in [2.45, 2.75) is 49.9 Å². The second-order valence-electron chi connectivity index (χ2n) is 8.98. The van der Waals surface area contributed by atoms with Crippen molar-refractivity contribution in [2.24, 2.45) is 5.73 Å². The number of nitrogens with one attached hydrogen (secondary N) is 3. The van der Waals surface area contributed by atoms with Gasteiger partial charge in [0.2, 0.25) is 17.7 Å². The Hall–Kier alpha value is -4.69. The summed E-state index contributed by atoms with van der Waals surface area (Å²) < 4.78 is 0. The number of phenolic OH excluding ortho intramolecular Hbond substituents is 2. The van der Waals surface area contributed by atoms with Gasteiger partial charge in [0.05, 0.1) is 6.61 Å². The fourth-order valence-electron chi connectivity index (χ4n) is 3.59. The molecule has 2 aromatic rings. The van der Waals surface area contributed by atoms with Crippen molar-refractivity contribution in [3.05, 3.63) is 59.7 Å². The number of aliphatic carboxylic acids is 2. The summed E-state index contributed by atoms with van der Waals surface area (Å²) in [6.45, 7) is -0.708. The van der Waals surface area contributed by atoms with Crippen molar-refractivity contribution >= 4 is 29.7 Å². The first kappa shape index (κ1) is 31.5.